The molecule has 0 saturated carbocycles. The fourth-order valence-electron chi connectivity index (χ4n) is 3.66. The third-order valence-electron chi connectivity index (χ3n) is 5.18. The Balaban J connectivity index is 1.92. The fraction of sp³-hybridized carbons (Fsp3) is 0.318. The number of aliphatic hydroxyl groups excluding tert-OH is 1. The SMILES string of the molecule is CO/N=C1/C[C@@H](CO)N(C(=O)c2ccc(-c3cccc(C#N)c3C)cc2C)C1. The van der Waals surface area contributed by atoms with Crippen LogP contribution in [0.15, 0.2) is 41.6 Å². The van der Waals surface area contributed by atoms with Crippen molar-refractivity contribution < 1.29 is 14.7 Å². The molecule has 6 nitrogen and oxygen atoms in total. The van der Waals surface area contributed by atoms with Gasteiger partial charge in [-0.3, -0.25) is 4.79 Å². The van der Waals surface area contributed by atoms with Gasteiger partial charge in [0, 0.05) is 12.0 Å². The van der Waals surface area contributed by atoms with Crippen molar-refractivity contribution in [3.63, 3.8) is 0 Å². The molecule has 2 aromatic carbocycles. The number of rotatable bonds is 4. The molecule has 1 amide bonds. The summed E-state index contributed by atoms with van der Waals surface area (Å²) < 4.78 is 0. The maximum absolute atomic E-state index is 13.1. The minimum Gasteiger partial charge on any atom is -0.399 e. The van der Waals surface area contributed by atoms with E-state index in [-0.39, 0.29) is 18.6 Å². The summed E-state index contributed by atoms with van der Waals surface area (Å²) in [6.07, 6.45) is 0.507. The second kappa shape index (κ2) is 8.24. The first-order valence-corrected chi connectivity index (χ1v) is 9.11. The van der Waals surface area contributed by atoms with E-state index >= 15 is 0 Å². The number of oxime groups is 1. The number of benzene rings is 2. The molecule has 1 fully saturated rings. The van der Waals surface area contributed by atoms with Crippen LogP contribution in [0.3, 0.4) is 0 Å². The van der Waals surface area contributed by atoms with Gasteiger partial charge in [-0.25, -0.2) is 0 Å². The third-order valence-corrected chi connectivity index (χ3v) is 5.18. The molecule has 1 aliphatic heterocycles. The van der Waals surface area contributed by atoms with Crippen LogP contribution in [-0.2, 0) is 4.84 Å². The van der Waals surface area contributed by atoms with Crippen LogP contribution in [0.25, 0.3) is 11.1 Å². The molecule has 1 N–H and O–H groups in total. The summed E-state index contributed by atoms with van der Waals surface area (Å²) in [5, 5.41) is 22.8. The lowest BCUT2D eigenvalue weighted by atomic mass is 9.94. The summed E-state index contributed by atoms with van der Waals surface area (Å²) >= 11 is 0. The highest BCUT2D eigenvalue weighted by Crippen LogP contribution is 2.28. The van der Waals surface area contributed by atoms with Gasteiger partial charge in [0.15, 0.2) is 0 Å². The Morgan fingerprint density at radius 2 is 2.14 bits per heavy atom. The quantitative estimate of drug-likeness (QED) is 0.830. The molecular weight excluding hydrogens is 354 g/mol. The van der Waals surface area contributed by atoms with Crippen LogP contribution in [0.2, 0.25) is 0 Å². The maximum atomic E-state index is 13.1. The zero-order valence-electron chi connectivity index (χ0n) is 16.3. The van der Waals surface area contributed by atoms with Crippen molar-refractivity contribution in [3.8, 4) is 17.2 Å². The highest BCUT2D eigenvalue weighted by Gasteiger charge is 2.33. The molecule has 0 aliphatic carbocycles. The molecular formula is C22H23N3O3. The lowest BCUT2D eigenvalue weighted by Gasteiger charge is -2.23. The summed E-state index contributed by atoms with van der Waals surface area (Å²) in [5.74, 6) is -0.132. The maximum Gasteiger partial charge on any atom is 0.254 e. The molecule has 1 saturated heterocycles. The van der Waals surface area contributed by atoms with Gasteiger partial charge in [0.2, 0.25) is 0 Å². The zero-order valence-corrected chi connectivity index (χ0v) is 16.3. The molecule has 1 aliphatic rings. The molecule has 0 aromatic heterocycles. The standard InChI is InChI=1S/C22H23N3O3/c1-14-9-16(21-6-4-5-17(11-23)15(21)2)7-8-20(14)22(27)25-12-18(24-28-3)10-19(25)13-26/h4-9,19,26H,10,12-13H2,1-3H3/b24-18-/t19-/m0/s1. The summed E-state index contributed by atoms with van der Waals surface area (Å²) in [5.41, 5.74) is 5.68. The van der Waals surface area contributed by atoms with Crippen LogP contribution in [0.4, 0.5) is 0 Å². The fourth-order valence-corrected chi connectivity index (χ4v) is 3.66. The summed E-state index contributed by atoms with van der Waals surface area (Å²) in [6, 6.07) is 13.2. The monoisotopic (exact) mass is 377 g/mol. The van der Waals surface area contributed by atoms with Gasteiger partial charge in [-0.1, -0.05) is 29.4 Å². The highest BCUT2D eigenvalue weighted by atomic mass is 16.6. The van der Waals surface area contributed by atoms with Crippen LogP contribution in [-0.4, -0.2) is 47.9 Å². The van der Waals surface area contributed by atoms with E-state index in [2.05, 4.69) is 11.2 Å². The molecule has 144 valence electrons. The lowest BCUT2D eigenvalue weighted by molar-refractivity contribution is 0.0679. The number of carbonyl (C=O) groups excluding carboxylic acids is 1. The predicted molar refractivity (Wildman–Crippen MR) is 107 cm³/mol. The van der Waals surface area contributed by atoms with E-state index in [1.807, 2.05) is 44.2 Å². The van der Waals surface area contributed by atoms with Crippen molar-refractivity contribution in [2.24, 2.45) is 5.16 Å². The predicted octanol–water partition coefficient (Wildman–Crippen LogP) is 3.05. The second-order valence-corrected chi connectivity index (χ2v) is 6.93. The van der Waals surface area contributed by atoms with E-state index in [9.17, 15) is 15.2 Å². The van der Waals surface area contributed by atoms with Crippen LogP contribution < -0.4 is 0 Å². The third kappa shape index (κ3) is 3.62. The number of amides is 1. The van der Waals surface area contributed by atoms with Gasteiger partial charge in [-0.05, 0) is 48.2 Å². The number of hydrogen-bond donors (Lipinski definition) is 1. The molecule has 3 rings (SSSR count). The normalized spacial score (nSPS) is 17.6. The van der Waals surface area contributed by atoms with Crippen molar-refractivity contribution in [2.45, 2.75) is 26.3 Å². The molecule has 1 heterocycles. The van der Waals surface area contributed by atoms with Crippen molar-refractivity contribution in [1.82, 2.24) is 4.90 Å². The van der Waals surface area contributed by atoms with Crippen LogP contribution in [0.1, 0.15) is 33.5 Å². The molecule has 0 radical (unpaired) electrons. The average molecular weight is 377 g/mol. The molecule has 2 aromatic rings. The van der Waals surface area contributed by atoms with E-state index in [1.165, 1.54) is 7.11 Å². The molecule has 0 spiro atoms. The van der Waals surface area contributed by atoms with Crippen molar-refractivity contribution in [1.29, 1.82) is 5.26 Å². The Hall–Kier alpha value is -3.17. The highest BCUT2D eigenvalue weighted by molar-refractivity contribution is 6.01. The number of likely N-dealkylation sites (tertiary alicyclic amines) is 1. The zero-order chi connectivity index (χ0) is 20.3. The van der Waals surface area contributed by atoms with E-state index < -0.39 is 0 Å². The number of nitrogens with zero attached hydrogens (tertiary/aromatic N) is 3. The first kappa shape index (κ1) is 19.6. The van der Waals surface area contributed by atoms with Gasteiger partial charge in [0.1, 0.15) is 7.11 Å². The summed E-state index contributed by atoms with van der Waals surface area (Å²) in [4.78, 5) is 19.5. The van der Waals surface area contributed by atoms with Gasteiger partial charge >= 0.3 is 0 Å². The topological polar surface area (TPSA) is 85.9 Å². The van der Waals surface area contributed by atoms with Crippen molar-refractivity contribution in [3.05, 3.63) is 58.7 Å². The number of carbonyl (C=O) groups is 1. The summed E-state index contributed by atoms with van der Waals surface area (Å²) in [6.45, 7) is 4.05. The summed E-state index contributed by atoms with van der Waals surface area (Å²) in [7, 11) is 1.47. The molecule has 28 heavy (non-hydrogen) atoms. The minimum atomic E-state index is -0.296. The van der Waals surface area contributed by atoms with Gasteiger partial charge in [-0.15, -0.1) is 0 Å². The first-order chi connectivity index (χ1) is 13.5. The van der Waals surface area contributed by atoms with Crippen LogP contribution in [0.5, 0.6) is 0 Å². The van der Waals surface area contributed by atoms with Crippen LogP contribution >= 0.6 is 0 Å². The Kier molecular flexibility index (Phi) is 5.76. The largest absolute Gasteiger partial charge is 0.399 e. The number of aryl methyl sites for hydroxylation is 1. The van der Waals surface area contributed by atoms with Crippen LogP contribution in [0, 0.1) is 25.2 Å². The average Bonchev–Trinajstić information content (AvgIpc) is 3.11. The Morgan fingerprint density at radius 1 is 1.36 bits per heavy atom. The van der Waals surface area contributed by atoms with Crippen molar-refractivity contribution >= 4 is 11.6 Å². The molecule has 0 unspecified atom stereocenters. The minimum absolute atomic E-state index is 0.119. The van der Waals surface area contributed by atoms with Gasteiger partial charge < -0.3 is 14.8 Å². The Labute approximate surface area is 164 Å². The lowest BCUT2D eigenvalue weighted by Crippen LogP contribution is -2.38. The molecule has 6 heteroatoms. The van der Waals surface area contributed by atoms with Gasteiger partial charge in [0.25, 0.3) is 5.91 Å². The molecule has 0 bridgehead atoms. The van der Waals surface area contributed by atoms with E-state index in [1.54, 1.807) is 11.0 Å². The molecule has 1 atom stereocenters. The Bertz CT molecular complexity index is 975. The number of nitriles is 1. The van der Waals surface area contributed by atoms with Gasteiger partial charge in [-0.2, -0.15) is 5.26 Å². The number of hydrogen-bond acceptors (Lipinski definition) is 5. The second-order valence-electron chi connectivity index (χ2n) is 6.93. The number of aliphatic hydroxyl groups is 1. The van der Waals surface area contributed by atoms with Gasteiger partial charge in [0.05, 0.1) is 36.5 Å². The smallest absolute Gasteiger partial charge is 0.254 e. The Morgan fingerprint density at radius 3 is 2.79 bits per heavy atom. The van der Waals surface area contributed by atoms with E-state index in [0.717, 1.165) is 28.0 Å². The van der Waals surface area contributed by atoms with E-state index in [4.69, 9.17) is 4.84 Å². The first-order valence-electron chi connectivity index (χ1n) is 9.11. The van der Waals surface area contributed by atoms with Crippen molar-refractivity contribution in [2.75, 3.05) is 20.3 Å². The van der Waals surface area contributed by atoms with E-state index in [0.29, 0.717) is 24.1 Å².